The Kier molecular flexibility index (Phi) is 2.46. The monoisotopic (exact) mass is 198 g/mol. The molecular weight excluding hydrogens is 184 g/mol. The number of phenolic OH excluding ortho intramolecular Hbond substituents is 1. The van der Waals surface area contributed by atoms with Gasteiger partial charge in [0.05, 0.1) is 0 Å². The number of benzene rings is 2. The van der Waals surface area contributed by atoms with E-state index in [1.165, 1.54) is 5.57 Å². The van der Waals surface area contributed by atoms with Crippen LogP contribution in [0.4, 0.5) is 0 Å². The van der Waals surface area contributed by atoms with E-state index in [1.807, 2.05) is 44.2 Å². The van der Waals surface area contributed by atoms with Gasteiger partial charge in [-0.2, -0.15) is 0 Å². The van der Waals surface area contributed by atoms with Crippen LogP contribution in [-0.4, -0.2) is 5.11 Å². The van der Waals surface area contributed by atoms with Crippen molar-refractivity contribution in [3.8, 4) is 5.75 Å². The summed E-state index contributed by atoms with van der Waals surface area (Å²) in [7, 11) is 0. The van der Waals surface area contributed by atoms with Crippen LogP contribution in [0.2, 0.25) is 0 Å². The lowest BCUT2D eigenvalue weighted by Gasteiger charge is -2.05. The van der Waals surface area contributed by atoms with Gasteiger partial charge < -0.3 is 5.11 Å². The summed E-state index contributed by atoms with van der Waals surface area (Å²) in [6.07, 6.45) is 2.01. The molecule has 0 unspecified atom stereocenters. The second-order valence-electron chi connectivity index (χ2n) is 3.94. The van der Waals surface area contributed by atoms with E-state index in [-0.39, 0.29) is 0 Å². The fourth-order valence-corrected chi connectivity index (χ4v) is 1.72. The minimum Gasteiger partial charge on any atom is -0.507 e. The van der Waals surface area contributed by atoms with Crippen molar-refractivity contribution in [3.05, 3.63) is 47.5 Å². The van der Waals surface area contributed by atoms with Gasteiger partial charge in [0.2, 0.25) is 0 Å². The molecule has 0 aliphatic carbocycles. The molecule has 0 aliphatic heterocycles. The molecule has 0 aromatic heterocycles. The summed E-state index contributed by atoms with van der Waals surface area (Å²) >= 11 is 0. The molecule has 2 rings (SSSR count). The van der Waals surface area contributed by atoms with Gasteiger partial charge in [-0.3, -0.25) is 0 Å². The Labute approximate surface area is 89.7 Å². The van der Waals surface area contributed by atoms with Crippen molar-refractivity contribution in [2.24, 2.45) is 0 Å². The molecule has 0 saturated heterocycles. The molecule has 15 heavy (non-hydrogen) atoms. The first-order chi connectivity index (χ1) is 7.18. The quantitative estimate of drug-likeness (QED) is 0.735. The molecule has 0 amide bonds. The molecule has 1 N–H and O–H groups in total. The molecule has 0 heterocycles. The fourth-order valence-electron chi connectivity index (χ4n) is 1.72. The van der Waals surface area contributed by atoms with Crippen LogP contribution >= 0.6 is 0 Å². The van der Waals surface area contributed by atoms with Gasteiger partial charge in [-0.15, -0.1) is 0 Å². The molecule has 0 fully saturated rings. The number of hydrogen-bond donors (Lipinski definition) is 1. The maximum atomic E-state index is 9.81. The van der Waals surface area contributed by atoms with E-state index in [1.54, 1.807) is 6.07 Å². The van der Waals surface area contributed by atoms with E-state index in [4.69, 9.17) is 0 Å². The average molecular weight is 198 g/mol. The van der Waals surface area contributed by atoms with Crippen molar-refractivity contribution in [2.75, 3.05) is 0 Å². The number of aromatic hydroxyl groups is 1. The van der Waals surface area contributed by atoms with E-state index in [2.05, 4.69) is 6.07 Å². The topological polar surface area (TPSA) is 20.2 Å². The summed E-state index contributed by atoms with van der Waals surface area (Å²) in [5.74, 6) is 0.343. The Hall–Kier alpha value is -1.76. The minimum atomic E-state index is 0.343. The molecule has 1 nitrogen and oxygen atoms in total. The summed E-state index contributed by atoms with van der Waals surface area (Å²) in [4.78, 5) is 0. The Morgan fingerprint density at radius 2 is 1.80 bits per heavy atom. The van der Waals surface area contributed by atoms with Gasteiger partial charge in [0.1, 0.15) is 5.75 Å². The molecule has 0 radical (unpaired) electrons. The Bertz CT molecular complexity index is 520. The predicted octanol–water partition coefficient (Wildman–Crippen LogP) is 3.97. The summed E-state index contributed by atoms with van der Waals surface area (Å²) < 4.78 is 0. The van der Waals surface area contributed by atoms with E-state index in [0.717, 1.165) is 16.3 Å². The smallest absolute Gasteiger partial charge is 0.123 e. The molecule has 76 valence electrons. The number of phenols is 1. The molecule has 0 atom stereocenters. The molecule has 1 heteroatoms. The van der Waals surface area contributed by atoms with Gasteiger partial charge in [-0.05, 0) is 30.7 Å². The van der Waals surface area contributed by atoms with Crippen LogP contribution in [0, 0.1) is 0 Å². The summed E-state index contributed by atoms with van der Waals surface area (Å²) in [6.45, 7) is 4.06. The fraction of sp³-hybridized carbons (Fsp3) is 0.143. The standard InChI is InChI=1S/C14H14O/c1-10(2)9-13-12-6-4-3-5-11(12)7-8-14(13)15/h3-9,15H,1-2H3. The average Bonchev–Trinajstić information content (AvgIpc) is 2.22. The molecule has 0 spiro atoms. The largest absolute Gasteiger partial charge is 0.507 e. The second-order valence-corrected chi connectivity index (χ2v) is 3.94. The van der Waals surface area contributed by atoms with Gasteiger partial charge in [0.15, 0.2) is 0 Å². The van der Waals surface area contributed by atoms with Gasteiger partial charge in [-0.25, -0.2) is 0 Å². The van der Waals surface area contributed by atoms with Crippen LogP contribution in [0.5, 0.6) is 5.75 Å². The highest BCUT2D eigenvalue weighted by atomic mass is 16.3. The van der Waals surface area contributed by atoms with Gasteiger partial charge in [-0.1, -0.05) is 42.0 Å². The number of rotatable bonds is 1. The molecular formula is C14H14O. The lowest BCUT2D eigenvalue weighted by Crippen LogP contribution is -1.80. The summed E-state index contributed by atoms with van der Waals surface area (Å²) in [5.41, 5.74) is 2.09. The first-order valence-electron chi connectivity index (χ1n) is 5.04. The third kappa shape index (κ3) is 1.86. The first-order valence-corrected chi connectivity index (χ1v) is 5.04. The van der Waals surface area contributed by atoms with Gasteiger partial charge in [0.25, 0.3) is 0 Å². The predicted molar refractivity (Wildman–Crippen MR) is 64.9 cm³/mol. The van der Waals surface area contributed by atoms with Crippen molar-refractivity contribution in [2.45, 2.75) is 13.8 Å². The number of fused-ring (bicyclic) bond motifs is 1. The molecule has 0 aliphatic rings. The lowest BCUT2D eigenvalue weighted by molar-refractivity contribution is 0.475. The molecule has 0 bridgehead atoms. The van der Waals surface area contributed by atoms with Crippen molar-refractivity contribution < 1.29 is 5.11 Å². The highest BCUT2D eigenvalue weighted by molar-refractivity contribution is 5.93. The Morgan fingerprint density at radius 3 is 2.53 bits per heavy atom. The Balaban J connectivity index is 2.80. The molecule has 2 aromatic carbocycles. The summed E-state index contributed by atoms with van der Waals surface area (Å²) in [5, 5.41) is 12.1. The van der Waals surface area contributed by atoms with Crippen LogP contribution in [0.25, 0.3) is 16.8 Å². The number of hydrogen-bond acceptors (Lipinski definition) is 1. The molecule has 0 saturated carbocycles. The highest BCUT2D eigenvalue weighted by Crippen LogP contribution is 2.28. The first kappa shape index (κ1) is 9.78. The maximum Gasteiger partial charge on any atom is 0.123 e. The Morgan fingerprint density at radius 1 is 1.07 bits per heavy atom. The van der Waals surface area contributed by atoms with E-state index < -0.39 is 0 Å². The zero-order valence-corrected chi connectivity index (χ0v) is 8.99. The van der Waals surface area contributed by atoms with E-state index >= 15 is 0 Å². The van der Waals surface area contributed by atoms with Crippen molar-refractivity contribution >= 4 is 16.8 Å². The van der Waals surface area contributed by atoms with Gasteiger partial charge in [0, 0.05) is 5.56 Å². The van der Waals surface area contributed by atoms with Crippen molar-refractivity contribution in [1.29, 1.82) is 0 Å². The van der Waals surface area contributed by atoms with E-state index in [9.17, 15) is 5.11 Å². The highest BCUT2D eigenvalue weighted by Gasteiger charge is 2.03. The summed E-state index contributed by atoms with van der Waals surface area (Å²) in [6, 6.07) is 11.8. The molecule has 2 aromatic rings. The van der Waals surface area contributed by atoms with Crippen LogP contribution in [0.3, 0.4) is 0 Å². The lowest BCUT2D eigenvalue weighted by atomic mass is 10.0. The number of allylic oxidation sites excluding steroid dienone is 1. The minimum absolute atomic E-state index is 0.343. The van der Waals surface area contributed by atoms with Crippen LogP contribution < -0.4 is 0 Å². The zero-order chi connectivity index (χ0) is 10.8. The van der Waals surface area contributed by atoms with Crippen molar-refractivity contribution in [1.82, 2.24) is 0 Å². The van der Waals surface area contributed by atoms with E-state index in [0.29, 0.717) is 5.75 Å². The third-order valence-electron chi connectivity index (χ3n) is 2.38. The zero-order valence-electron chi connectivity index (χ0n) is 8.99. The van der Waals surface area contributed by atoms with Gasteiger partial charge >= 0.3 is 0 Å². The van der Waals surface area contributed by atoms with Crippen molar-refractivity contribution in [3.63, 3.8) is 0 Å². The SMILES string of the molecule is CC(C)=Cc1c(O)ccc2ccccc12. The normalized spacial score (nSPS) is 10.3. The van der Waals surface area contributed by atoms with Crippen LogP contribution in [0.1, 0.15) is 19.4 Å². The van der Waals surface area contributed by atoms with Crippen LogP contribution in [0.15, 0.2) is 42.0 Å². The maximum absolute atomic E-state index is 9.81. The third-order valence-corrected chi connectivity index (χ3v) is 2.38. The second kappa shape index (κ2) is 3.77. The van der Waals surface area contributed by atoms with Crippen LogP contribution in [-0.2, 0) is 0 Å².